The summed E-state index contributed by atoms with van der Waals surface area (Å²) in [7, 11) is 0. The van der Waals surface area contributed by atoms with Gasteiger partial charge in [0, 0.05) is 18.8 Å². The molecule has 0 aliphatic heterocycles. The Bertz CT molecular complexity index is 338. The van der Waals surface area contributed by atoms with Crippen LogP contribution in [0.25, 0.3) is 0 Å². The number of nitrogens with zero attached hydrogens (tertiary/aromatic N) is 1. The molecule has 1 saturated carbocycles. The standard InChI is InChI=1S/C12H17BrN2O/c13-12-7-9(5-6-14-12)8-15-10-1-3-11(16)4-2-10/h5-7,10-11,15-16H,1-4,8H2. The van der Waals surface area contributed by atoms with Gasteiger partial charge in [-0.05, 0) is 59.3 Å². The van der Waals surface area contributed by atoms with E-state index in [1.165, 1.54) is 5.56 Å². The summed E-state index contributed by atoms with van der Waals surface area (Å²) >= 11 is 3.36. The molecule has 1 heterocycles. The quantitative estimate of drug-likeness (QED) is 0.837. The molecule has 0 radical (unpaired) electrons. The van der Waals surface area contributed by atoms with Crippen molar-refractivity contribution < 1.29 is 5.11 Å². The fraction of sp³-hybridized carbons (Fsp3) is 0.583. The molecule has 1 aromatic heterocycles. The highest BCUT2D eigenvalue weighted by molar-refractivity contribution is 9.10. The molecule has 1 fully saturated rings. The van der Waals surface area contributed by atoms with E-state index in [1.807, 2.05) is 18.3 Å². The van der Waals surface area contributed by atoms with E-state index in [9.17, 15) is 5.11 Å². The van der Waals surface area contributed by atoms with Gasteiger partial charge in [-0.15, -0.1) is 0 Å². The molecule has 0 amide bonds. The Labute approximate surface area is 104 Å². The van der Waals surface area contributed by atoms with E-state index >= 15 is 0 Å². The fourth-order valence-corrected chi connectivity index (χ4v) is 2.51. The van der Waals surface area contributed by atoms with Crippen LogP contribution in [0.4, 0.5) is 0 Å². The highest BCUT2D eigenvalue weighted by Gasteiger charge is 2.18. The van der Waals surface area contributed by atoms with E-state index in [-0.39, 0.29) is 6.10 Å². The van der Waals surface area contributed by atoms with E-state index in [0.29, 0.717) is 6.04 Å². The summed E-state index contributed by atoms with van der Waals surface area (Å²) in [6.45, 7) is 0.877. The van der Waals surface area contributed by atoms with Crippen molar-refractivity contribution in [2.24, 2.45) is 0 Å². The molecule has 0 spiro atoms. The fourth-order valence-electron chi connectivity index (χ4n) is 2.09. The maximum absolute atomic E-state index is 9.41. The van der Waals surface area contributed by atoms with E-state index < -0.39 is 0 Å². The van der Waals surface area contributed by atoms with Crippen LogP contribution in [-0.2, 0) is 6.54 Å². The molecule has 1 aliphatic carbocycles. The minimum atomic E-state index is -0.0758. The van der Waals surface area contributed by atoms with Gasteiger partial charge in [-0.1, -0.05) is 0 Å². The number of aromatic nitrogens is 1. The molecular formula is C12H17BrN2O. The molecule has 88 valence electrons. The number of aliphatic hydroxyl groups is 1. The first kappa shape index (κ1) is 12.0. The van der Waals surface area contributed by atoms with Crippen molar-refractivity contribution in [1.29, 1.82) is 0 Å². The summed E-state index contributed by atoms with van der Waals surface area (Å²) in [5, 5.41) is 12.9. The Balaban J connectivity index is 1.79. The van der Waals surface area contributed by atoms with Crippen molar-refractivity contribution in [3.05, 3.63) is 28.5 Å². The smallest absolute Gasteiger partial charge is 0.106 e. The van der Waals surface area contributed by atoms with Crippen LogP contribution in [0.2, 0.25) is 0 Å². The minimum absolute atomic E-state index is 0.0758. The zero-order valence-corrected chi connectivity index (χ0v) is 10.8. The number of hydrogen-bond acceptors (Lipinski definition) is 3. The summed E-state index contributed by atoms with van der Waals surface area (Å²) in [6, 6.07) is 4.61. The van der Waals surface area contributed by atoms with Gasteiger partial charge in [0.2, 0.25) is 0 Å². The molecule has 1 aromatic rings. The van der Waals surface area contributed by atoms with Gasteiger partial charge in [0.1, 0.15) is 4.60 Å². The van der Waals surface area contributed by atoms with Gasteiger partial charge in [0.15, 0.2) is 0 Å². The molecule has 4 heteroatoms. The molecule has 0 saturated heterocycles. The lowest BCUT2D eigenvalue weighted by molar-refractivity contribution is 0.116. The van der Waals surface area contributed by atoms with E-state index in [4.69, 9.17) is 0 Å². The van der Waals surface area contributed by atoms with E-state index in [2.05, 4.69) is 26.2 Å². The normalized spacial score (nSPS) is 25.6. The Hall–Kier alpha value is -0.450. The molecular weight excluding hydrogens is 268 g/mol. The molecule has 3 nitrogen and oxygen atoms in total. The van der Waals surface area contributed by atoms with Crippen molar-refractivity contribution in [1.82, 2.24) is 10.3 Å². The van der Waals surface area contributed by atoms with Crippen molar-refractivity contribution >= 4 is 15.9 Å². The zero-order valence-electron chi connectivity index (χ0n) is 9.19. The Morgan fingerprint density at radius 1 is 1.38 bits per heavy atom. The highest BCUT2D eigenvalue weighted by Crippen LogP contribution is 2.18. The number of nitrogens with one attached hydrogen (secondary N) is 1. The van der Waals surface area contributed by atoms with Crippen LogP contribution in [0.5, 0.6) is 0 Å². The third kappa shape index (κ3) is 3.54. The number of halogens is 1. The van der Waals surface area contributed by atoms with Crippen LogP contribution < -0.4 is 5.32 Å². The molecule has 0 atom stereocenters. The maximum atomic E-state index is 9.41. The topological polar surface area (TPSA) is 45.1 Å². The van der Waals surface area contributed by atoms with Crippen molar-refractivity contribution in [2.75, 3.05) is 0 Å². The minimum Gasteiger partial charge on any atom is -0.393 e. The summed E-state index contributed by atoms with van der Waals surface area (Å²) in [4.78, 5) is 4.10. The highest BCUT2D eigenvalue weighted by atomic mass is 79.9. The monoisotopic (exact) mass is 284 g/mol. The molecule has 0 bridgehead atoms. The van der Waals surface area contributed by atoms with Gasteiger partial charge >= 0.3 is 0 Å². The van der Waals surface area contributed by atoms with Gasteiger partial charge in [0.25, 0.3) is 0 Å². The largest absolute Gasteiger partial charge is 0.393 e. The first-order chi connectivity index (χ1) is 7.74. The van der Waals surface area contributed by atoms with Gasteiger partial charge in [-0.25, -0.2) is 4.98 Å². The molecule has 0 aromatic carbocycles. The lowest BCUT2D eigenvalue weighted by Crippen LogP contribution is -2.34. The Morgan fingerprint density at radius 2 is 2.12 bits per heavy atom. The number of pyridine rings is 1. The molecule has 2 N–H and O–H groups in total. The predicted octanol–water partition coefficient (Wildman–Crippen LogP) is 2.24. The van der Waals surface area contributed by atoms with Crippen molar-refractivity contribution in [3.8, 4) is 0 Å². The average Bonchev–Trinajstić information content (AvgIpc) is 2.28. The van der Waals surface area contributed by atoms with Crippen LogP contribution >= 0.6 is 15.9 Å². The number of hydrogen-bond donors (Lipinski definition) is 2. The Kier molecular flexibility index (Phi) is 4.32. The van der Waals surface area contributed by atoms with Crippen molar-refractivity contribution in [2.45, 2.75) is 44.4 Å². The van der Waals surface area contributed by atoms with E-state index in [0.717, 1.165) is 36.8 Å². The summed E-state index contributed by atoms with van der Waals surface area (Å²) in [6.07, 6.45) is 5.75. The molecule has 0 unspecified atom stereocenters. The summed E-state index contributed by atoms with van der Waals surface area (Å²) in [5.74, 6) is 0. The van der Waals surface area contributed by atoms with Crippen LogP contribution in [0.1, 0.15) is 31.2 Å². The lowest BCUT2D eigenvalue weighted by Gasteiger charge is -2.26. The van der Waals surface area contributed by atoms with Gasteiger partial charge in [-0.3, -0.25) is 0 Å². The summed E-state index contributed by atoms with van der Waals surface area (Å²) in [5.41, 5.74) is 1.24. The van der Waals surface area contributed by atoms with Crippen LogP contribution in [0, 0.1) is 0 Å². The van der Waals surface area contributed by atoms with Gasteiger partial charge < -0.3 is 10.4 Å². The van der Waals surface area contributed by atoms with Gasteiger partial charge in [0.05, 0.1) is 6.10 Å². The Morgan fingerprint density at radius 3 is 2.81 bits per heavy atom. The third-order valence-corrected chi connectivity index (χ3v) is 3.52. The first-order valence-electron chi connectivity index (χ1n) is 5.76. The van der Waals surface area contributed by atoms with Crippen LogP contribution in [0.15, 0.2) is 22.9 Å². The molecule has 1 aliphatic rings. The molecule has 2 rings (SSSR count). The number of aliphatic hydroxyl groups excluding tert-OH is 1. The van der Waals surface area contributed by atoms with Crippen molar-refractivity contribution in [3.63, 3.8) is 0 Å². The second-order valence-electron chi connectivity index (χ2n) is 4.37. The first-order valence-corrected chi connectivity index (χ1v) is 6.55. The van der Waals surface area contributed by atoms with Gasteiger partial charge in [-0.2, -0.15) is 0 Å². The van der Waals surface area contributed by atoms with Crippen LogP contribution in [-0.4, -0.2) is 22.2 Å². The third-order valence-electron chi connectivity index (χ3n) is 3.08. The maximum Gasteiger partial charge on any atom is 0.106 e. The second-order valence-corrected chi connectivity index (χ2v) is 5.19. The number of rotatable bonds is 3. The van der Waals surface area contributed by atoms with Crippen LogP contribution in [0.3, 0.4) is 0 Å². The second kappa shape index (κ2) is 5.75. The summed E-state index contributed by atoms with van der Waals surface area (Å²) < 4.78 is 0.880. The lowest BCUT2D eigenvalue weighted by atomic mass is 9.93. The predicted molar refractivity (Wildman–Crippen MR) is 67.0 cm³/mol. The zero-order chi connectivity index (χ0) is 11.4. The molecule has 16 heavy (non-hydrogen) atoms. The van der Waals surface area contributed by atoms with E-state index in [1.54, 1.807) is 0 Å². The SMILES string of the molecule is OC1CCC(NCc2ccnc(Br)c2)CC1. The average molecular weight is 285 g/mol.